The molecule has 4 aliphatic rings. The SMILES string of the molecule is O=C(I)NC12CCC(NC(=O)C3CC(=O)c4ccccc4O3)(CC1)CC2. The number of halogens is 1. The van der Waals surface area contributed by atoms with Crippen molar-refractivity contribution < 1.29 is 19.1 Å². The Morgan fingerprint density at radius 3 is 2.19 bits per heavy atom. The number of hydrogen-bond donors (Lipinski definition) is 2. The molecule has 6 nitrogen and oxygen atoms in total. The van der Waals surface area contributed by atoms with Gasteiger partial charge in [-0.1, -0.05) is 12.1 Å². The first-order valence-corrected chi connectivity index (χ1v) is 10.1. The van der Waals surface area contributed by atoms with E-state index in [4.69, 9.17) is 4.74 Å². The molecule has 2 N–H and O–H groups in total. The molecule has 1 aromatic carbocycles. The molecule has 3 fully saturated rings. The molecule has 0 radical (unpaired) electrons. The maximum Gasteiger partial charge on any atom is 0.281 e. The first-order chi connectivity index (χ1) is 12.4. The van der Waals surface area contributed by atoms with Gasteiger partial charge in [0, 0.05) is 33.7 Å². The Labute approximate surface area is 165 Å². The van der Waals surface area contributed by atoms with Crippen LogP contribution in [0.5, 0.6) is 5.75 Å². The lowest BCUT2D eigenvalue weighted by Crippen LogP contribution is -2.64. The number of hydrogen-bond acceptors (Lipinski definition) is 4. The van der Waals surface area contributed by atoms with Gasteiger partial charge in [0.25, 0.3) is 9.82 Å². The first-order valence-electron chi connectivity index (χ1n) is 8.99. The van der Waals surface area contributed by atoms with Crippen molar-refractivity contribution in [3.63, 3.8) is 0 Å². The average Bonchev–Trinajstić information content (AvgIpc) is 2.62. The van der Waals surface area contributed by atoms with Crippen molar-refractivity contribution in [3.8, 4) is 5.75 Å². The zero-order valence-electron chi connectivity index (χ0n) is 14.3. The summed E-state index contributed by atoms with van der Waals surface area (Å²) in [7, 11) is 0. The van der Waals surface area contributed by atoms with Gasteiger partial charge in [-0.25, -0.2) is 0 Å². The Bertz CT molecular complexity index is 754. The zero-order chi connectivity index (χ0) is 18.4. The number of carbonyl (C=O) groups excluding carboxylic acids is 3. The number of ether oxygens (including phenoxy) is 1. The molecule has 26 heavy (non-hydrogen) atoms. The molecule has 1 heterocycles. The molecule has 0 spiro atoms. The number of benzene rings is 1. The maximum absolute atomic E-state index is 12.8. The summed E-state index contributed by atoms with van der Waals surface area (Å²) in [5.74, 6) is 0.221. The predicted octanol–water partition coefficient (Wildman–Crippen LogP) is 3.13. The van der Waals surface area contributed by atoms with Crippen molar-refractivity contribution >= 4 is 38.2 Å². The van der Waals surface area contributed by atoms with E-state index in [1.165, 1.54) is 0 Å². The van der Waals surface area contributed by atoms with Gasteiger partial charge in [-0.3, -0.25) is 14.4 Å². The van der Waals surface area contributed by atoms with Crippen molar-refractivity contribution in [3.05, 3.63) is 29.8 Å². The lowest BCUT2D eigenvalue weighted by molar-refractivity contribution is -0.132. The molecule has 3 saturated carbocycles. The molecule has 0 aromatic heterocycles. The highest BCUT2D eigenvalue weighted by Crippen LogP contribution is 2.47. The van der Waals surface area contributed by atoms with Gasteiger partial charge in [0.15, 0.2) is 11.9 Å². The Hall–Kier alpha value is -1.64. The van der Waals surface area contributed by atoms with E-state index in [1.807, 2.05) is 0 Å². The molecule has 138 valence electrons. The third-order valence-electron chi connectivity index (χ3n) is 6.12. The van der Waals surface area contributed by atoms with Crippen LogP contribution in [-0.4, -0.2) is 32.8 Å². The molecule has 2 bridgehead atoms. The largest absolute Gasteiger partial charge is 0.479 e. The standard InChI is InChI=1S/C19H21IN2O4/c20-17(25)22-19-8-5-18(6-9-19,7-10-19)21-16(24)15-11-13(23)12-3-1-2-4-14(12)26-15/h1-4,15H,5-11H2,(H,21,24)(H,22,25). The molecular formula is C19H21IN2O4. The van der Waals surface area contributed by atoms with Crippen LogP contribution in [0.15, 0.2) is 24.3 Å². The number of para-hydroxylation sites is 1. The number of rotatable bonds is 3. The first kappa shape index (κ1) is 17.8. The molecule has 0 saturated heterocycles. The van der Waals surface area contributed by atoms with Gasteiger partial charge >= 0.3 is 0 Å². The van der Waals surface area contributed by atoms with Gasteiger partial charge in [-0.15, -0.1) is 0 Å². The molecule has 7 heteroatoms. The van der Waals surface area contributed by atoms with Crippen molar-refractivity contribution in [2.24, 2.45) is 0 Å². The van der Waals surface area contributed by atoms with E-state index in [-0.39, 0.29) is 33.1 Å². The summed E-state index contributed by atoms with van der Waals surface area (Å²) >= 11 is 1.78. The molecule has 1 atom stereocenters. The van der Waals surface area contributed by atoms with E-state index in [0.29, 0.717) is 11.3 Å². The predicted molar refractivity (Wildman–Crippen MR) is 104 cm³/mol. The normalized spacial score (nSPS) is 32.3. The second-order valence-corrected chi connectivity index (χ2v) is 8.66. The van der Waals surface area contributed by atoms with Gasteiger partial charge in [0.2, 0.25) is 0 Å². The smallest absolute Gasteiger partial charge is 0.281 e. The number of amides is 2. The highest BCUT2D eigenvalue weighted by atomic mass is 127. The van der Waals surface area contributed by atoms with Crippen molar-refractivity contribution in [2.45, 2.75) is 62.1 Å². The van der Waals surface area contributed by atoms with Gasteiger partial charge < -0.3 is 15.4 Å². The molecular weight excluding hydrogens is 447 g/mol. The topological polar surface area (TPSA) is 84.5 Å². The van der Waals surface area contributed by atoms with Crippen LogP contribution in [0, 0.1) is 0 Å². The Morgan fingerprint density at radius 2 is 1.58 bits per heavy atom. The van der Waals surface area contributed by atoms with Crippen LogP contribution in [0.25, 0.3) is 0 Å². The van der Waals surface area contributed by atoms with Crippen LogP contribution in [0.3, 0.4) is 0 Å². The lowest BCUT2D eigenvalue weighted by Gasteiger charge is -2.53. The van der Waals surface area contributed by atoms with E-state index in [0.717, 1.165) is 38.5 Å². The van der Waals surface area contributed by atoms with E-state index < -0.39 is 6.10 Å². The van der Waals surface area contributed by atoms with E-state index in [9.17, 15) is 14.4 Å². The third-order valence-corrected chi connectivity index (χ3v) is 6.39. The van der Waals surface area contributed by atoms with Crippen LogP contribution < -0.4 is 15.4 Å². The highest BCUT2D eigenvalue weighted by Gasteiger charge is 2.50. The summed E-state index contributed by atoms with van der Waals surface area (Å²) in [6, 6.07) is 7.06. The molecule has 3 aliphatic carbocycles. The fraction of sp³-hybridized carbons (Fsp3) is 0.526. The maximum atomic E-state index is 12.8. The summed E-state index contributed by atoms with van der Waals surface area (Å²) in [6.45, 7) is 0. The number of carbonyl (C=O) groups is 3. The second kappa shape index (κ2) is 6.51. The third kappa shape index (κ3) is 3.21. The van der Waals surface area contributed by atoms with E-state index in [1.54, 1.807) is 46.9 Å². The summed E-state index contributed by atoms with van der Waals surface area (Å²) in [4.78, 5) is 36.5. The van der Waals surface area contributed by atoms with Gasteiger partial charge in [0.1, 0.15) is 5.75 Å². The minimum Gasteiger partial charge on any atom is -0.479 e. The zero-order valence-corrected chi connectivity index (χ0v) is 16.5. The van der Waals surface area contributed by atoms with Crippen molar-refractivity contribution in [2.75, 3.05) is 0 Å². The van der Waals surface area contributed by atoms with Gasteiger partial charge in [0.05, 0.1) is 12.0 Å². The lowest BCUT2D eigenvalue weighted by atomic mass is 9.61. The summed E-state index contributed by atoms with van der Waals surface area (Å²) in [5.41, 5.74) is 0.198. The van der Waals surface area contributed by atoms with E-state index in [2.05, 4.69) is 10.6 Å². The number of fused-ring (bicyclic) bond motifs is 4. The minimum atomic E-state index is -0.769. The van der Waals surface area contributed by atoms with Gasteiger partial charge in [-0.05, 0) is 50.7 Å². The van der Waals surface area contributed by atoms with Crippen LogP contribution in [0.1, 0.15) is 55.3 Å². The minimum absolute atomic E-state index is 0.0196. The Balaban J connectivity index is 1.42. The fourth-order valence-electron chi connectivity index (χ4n) is 4.53. The molecule has 1 aromatic rings. The Morgan fingerprint density at radius 1 is 1.00 bits per heavy atom. The summed E-state index contributed by atoms with van der Waals surface area (Å²) in [5, 5.41) is 6.28. The summed E-state index contributed by atoms with van der Waals surface area (Å²) in [6.07, 6.45) is 4.44. The van der Waals surface area contributed by atoms with Crippen LogP contribution >= 0.6 is 22.6 Å². The molecule has 1 aliphatic heterocycles. The van der Waals surface area contributed by atoms with Crippen LogP contribution in [-0.2, 0) is 4.79 Å². The average molecular weight is 468 g/mol. The Kier molecular flexibility index (Phi) is 4.45. The van der Waals surface area contributed by atoms with Crippen LogP contribution in [0.2, 0.25) is 0 Å². The monoisotopic (exact) mass is 468 g/mol. The van der Waals surface area contributed by atoms with Crippen molar-refractivity contribution in [1.29, 1.82) is 0 Å². The van der Waals surface area contributed by atoms with Crippen LogP contribution in [0.4, 0.5) is 4.79 Å². The van der Waals surface area contributed by atoms with E-state index >= 15 is 0 Å². The molecule has 2 amide bonds. The molecule has 1 unspecified atom stereocenters. The fourth-order valence-corrected chi connectivity index (χ4v) is 5.10. The van der Waals surface area contributed by atoms with Gasteiger partial charge in [-0.2, -0.15) is 0 Å². The number of Topliss-reactive ketones (excluding diaryl/α,β-unsaturated/α-hetero) is 1. The summed E-state index contributed by atoms with van der Waals surface area (Å²) < 4.78 is 5.77. The van der Waals surface area contributed by atoms with Crippen molar-refractivity contribution in [1.82, 2.24) is 10.6 Å². The second-order valence-electron chi connectivity index (χ2n) is 7.68. The quantitative estimate of drug-likeness (QED) is 0.406. The highest BCUT2D eigenvalue weighted by molar-refractivity contribution is 14.1. The molecule has 5 rings (SSSR count). The number of nitrogens with one attached hydrogen (secondary N) is 2. The number of ketones is 1.